The van der Waals surface area contributed by atoms with Crippen LogP contribution in [0.1, 0.15) is 12.8 Å². The first kappa shape index (κ1) is 8.01. The minimum absolute atomic E-state index is 0.156. The molecule has 0 aromatic heterocycles. The van der Waals surface area contributed by atoms with Crippen LogP contribution in [0.25, 0.3) is 0 Å². The Morgan fingerprint density at radius 3 is 2.42 bits per heavy atom. The highest BCUT2D eigenvalue weighted by atomic mass is 16.2. The number of carbonyl (C=O) groups is 1. The zero-order valence-corrected chi connectivity index (χ0v) is 7.18. The largest absolute Gasteiger partial charge is 0.339 e. The van der Waals surface area contributed by atoms with E-state index in [0.717, 1.165) is 39.0 Å². The number of nitrogens with two attached hydrogens (primary N) is 1. The highest BCUT2D eigenvalue weighted by Gasteiger charge is 2.48. The molecular formula is C8H15N3O. The number of piperazine rings is 1. The Morgan fingerprint density at radius 1 is 1.33 bits per heavy atom. The van der Waals surface area contributed by atoms with Gasteiger partial charge in [0.2, 0.25) is 5.91 Å². The van der Waals surface area contributed by atoms with E-state index in [0.29, 0.717) is 0 Å². The maximum atomic E-state index is 11.7. The minimum atomic E-state index is -0.475. The fourth-order valence-corrected chi connectivity index (χ4v) is 1.53. The summed E-state index contributed by atoms with van der Waals surface area (Å²) in [5.74, 6) is 0.156. The van der Waals surface area contributed by atoms with Crippen molar-refractivity contribution in [2.75, 3.05) is 26.2 Å². The van der Waals surface area contributed by atoms with E-state index in [1.165, 1.54) is 0 Å². The summed E-state index contributed by atoms with van der Waals surface area (Å²) in [4.78, 5) is 13.5. The fraction of sp³-hybridized carbons (Fsp3) is 0.875. The maximum absolute atomic E-state index is 11.7. The van der Waals surface area contributed by atoms with Crippen molar-refractivity contribution in [3.63, 3.8) is 0 Å². The number of amides is 1. The Kier molecular flexibility index (Phi) is 1.81. The van der Waals surface area contributed by atoms with Gasteiger partial charge in [0.25, 0.3) is 0 Å². The lowest BCUT2D eigenvalue weighted by Crippen LogP contribution is -2.52. The van der Waals surface area contributed by atoms with Crippen LogP contribution in [0.2, 0.25) is 0 Å². The molecule has 2 aliphatic rings. The third-order valence-corrected chi connectivity index (χ3v) is 2.62. The number of rotatable bonds is 1. The summed E-state index contributed by atoms with van der Waals surface area (Å²) in [6.07, 6.45) is 1.74. The molecule has 68 valence electrons. The van der Waals surface area contributed by atoms with E-state index in [2.05, 4.69) is 5.32 Å². The van der Waals surface area contributed by atoms with Crippen molar-refractivity contribution < 1.29 is 4.79 Å². The molecule has 0 aromatic carbocycles. The molecule has 4 heteroatoms. The fourth-order valence-electron chi connectivity index (χ4n) is 1.53. The van der Waals surface area contributed by atoms with Gasteiger partial charge in [0.1, 0.15) is 0 Å². The molecule has 1 saturated carbocycles. The van der Waals surface area contributed by atoms with Gasteiger partial charge < -0.3 is 16.0 Å². The molecule has 2 fully saturated rings. The van der Waals surface area contributed by atoms with E-state index in [1.54, 1.807) is 0 Å². The summed E-state index contributed by atoms with van der Waals surface area (Å²) in [5, 5.41) is 3.21. The zero-order chi connectivity index (χ0) is 8.60. The topological polar surface area (TPSA) is 58.4 Å². The third kappa shape index (κ3) is 1.32. The normalized spacial score (nSPS) is 26.9. The lowest BCUT2D eigenvalue weighted by atomic mass is 10.2. The van der Waals surface area contributed by atoms with Gasteiger partial charge in [0.05, 0.1) is 5.54 Å². The van der Waals surface area contributed by atoms with Gasteiger partial charge in [-0.3, -0.25) is 4.79 Å². The molecule has 1 amide bonds. The van der Waals surface area contributed by atoms with Gasteiger partial charge in [0, 0.05) is 26.2 Å². The highest BCUT2D eigenvalue weighted by Crippen LogP contribution is 2.34. The van der Waals surface area contributed by atoms with Gasteiger partial charge >= 0.3 is 0 Å². The van der Waals surface area contributed by atoms with Gasteiger partial charge in [-0.15, -0.1) is 0 Å². The molecule has 12 heavy (non-hydrogen) atoms. The van der Waals surface area contributed by atoms with Crippen LogP contribution < -0.4 is 11.1 Å². The van der Waals surface area contributed by atoms with Crippen LogP contribution in [0.5, 0.6) is 0 Å². The van der Waals surface area contributed by atoms with Gasteiger partial charge in [-0.05, 0) is 12.8 Å². The molecule has 1 saturated heterocycles. The number of hydrogen-bond acceptors (Lipinski definition) is 3. The Hall–Kier alpha value is -0.610. The first-order chi connectivity index (χ1) is 5.72. The van der Waals surface area contributed by atoms with Crippen LogP contribution in [-0.2, 0) is 4.79 Å². The SMILES string of the molecule is NC1(C(=O)N2CCNCC2)CC1. The first-order valence-electron chi connectivity index (χ1n) is 4.51. The second kappa shape index (κ2) is 2.71. The number of nitrogens with zero attached hydrogens (tertiary/aromatic N) is 1. The maximum Gasteiger partial charge on any atom is 0.242 e. The second-order valence-electron chi connectivity index (χ2n) is 3.70. The van der Waals surface area contributed by atoms with Crippen LogP contribution in [-0.4, -0.2) is 42.5 Å². The third-order valence-electron chi connectivity index (χ3n) is 2.62. The van der Waals surface area contributed by atoms with Crippen molar-refractivity contribution >= 4 is 5.91 Å². The monoisotopic (exact) mass is 169 g/mol. The molecule has 0 bridgehead atoms. The summed E-state index contributed by atoms with van der Waals surface area (Å²) in [6.45, 7) is 3.44. The molecule has 0 aromatic rings. The molecule has 0 atom stereocenters. The quantitative estimate of drug-likeness (QED) is 0.524. The molecule has 0 radical (unpaired) electrons. The standard InChI is InChI=1S/C8H15N3O/c9-8(1-2-8)7(12)11-5-3-10-4-6-11/h10H,1-6,9H2. The Bertz CT molecular complexity index is 194. The van der Waals surface area contributed by atoms with Crippen LogP contribution >= 0.6 is 0 Å². The summed E-state index contributed by atoms with van der Waals surface area (Å²) in [6, 6.07) is 0. The molecular weight excluding hydrogens is 154 g/mol. The van der Waals surface area contributed by atoms with Crippen LogP contribution in [0.4, 0.5) is 0 Å². The van der Waals surface area contributed by atoms with Gasteiger partial charge in [-0.25, -0.2) is 0 Å². The van der Waals surface area contributed by atoms with Gasteiger partial charge in [-0.2, -0.15) is 0 Å². The van der Waals surface area contributed by atoms with E-state index in [9.17, 15) is 4.79 Å². The summed E-state index contributed by atoms with van der Waals surface area (Å²) >= 11 is 0. The lowest BCUT2D eigenvalue weighted by Gasteiger charge is -2.29. The zero-order valence-electron chi connectivity index (χ0n) is 7.18. The molecule has 1 heterocycles. The Morgan fingerprint density at radius 2 is 1.92 bits per heavy atom. The highest BCUT2D eigenvalue weighted by molar-refractivity contribution is 5.89. The van der Waals surface area contributed by atoms with Crippen LogP contribution in [0, 0.1) is 0 Å². The van der Waals surface area contributed by atoms with Crippen LogP contribution in [0.15, 0.2) is 0 Å². The predicted octanol–water partition coefficient (Wildman–Crippen LogP) is -1.09. The van der Waals surface area contributed by atoms with Crippen molar-refractivity contribution in [1.82, 2.24) is 10.2 Å². The molecule has 3 N–H and O–H groups in total. The van der Waals surface area contributed by atoms with Gasteiger partial charge in [-0.1, -0.05) is 0 Å². The Balaban J connectivity index is 1.94. The minimum Gasteiger partial charge on any atom is -0.339 e. The van der Waals surface area contributed by atoms with Crippen molar-refractivity contribution in [2.24, 2.45) is 5.73 Å². The summed E-state index contributed by atoms with van der Waals surface area (Å²) in [5.41, 5.74) is 5.33. The number of nitrogens with one attached hydrogen (secondary N) is 1. The number of hydrogen-bond donors (Lipinski definition) is 2. The van der Waals surface area contributed by atoms with Crippen molar-refractivity contribution in [2.45, 2.75) is 18.4 Å². The molecule has 4 nitrogen and oxygen atoms in total. The molecule has 0 unspecified atom stereocenters. The summed E-state index contributed by atoms with van der Waals surface area (Å²) in [7, 11) is 0. The summed E-state index contributed by atoms with van der Waals surface area (Å²) < 4.78 is 0. The van der Waals surface area contributed by atoms with Crippen molar-refractivity contribution in [3.05, 3.63) is 0 Å². The molecule has 2 rings (SSSR count). The van der Waals surface area contributed by atoms with E-state index in [-0.39, 0.29) is 5.91 Å². The molecule has 1 aliphatic carbocycles. The predicted molar refractivity (Wildman–Crippen MR) is 45.6 cm³/mol. The molecule has 0 spiro atoms. The second-order valence-corrected chi connectivity index (χ2v) is 3.70. The van der Waals surface area contributed by atoms with Crippen LogP contribution in [0.3, 0.4) is 0 Å². The van der Waals surface area contributed by atoms with Crippen molar-refractivity contribution in [3.8, 4) is 0 Å². The lowest BCUT2D eigenvalue weighted by molar-refractivity contribution is -0.134. The average Bonchev–Trinajstić information content (AvgIpc) is 2.85. The number of carbonyl (C=O) groups excluding carboxylic acids is 1. The first-order valence-corrected chi connectivity index (χ1v) is 4.51. The average molecular weight is 169 g/mol. The van der Waals surface area contributed by atoms with E-state index in [1.807, 2.05) is 4.90 Å². The molecule has 1 aliphatic heterocycles. The van der Waals surface area contributed by atoms with E-state index in [4.69, 9.17) is 5.73 Å². The smallest absolute Gasteiger partial charge is 0.242 e. The van der Waals surface area contributed by atoms with Crippen molar-refractivity contribution in [1.29, 1.82) is 0 Å². The van der Waals surface area contributed by atoms with E-state index < -0.39 is 5.54 Å². The Labute approximate surface area is 72.1 Å². The van der Waals surface area contributed by atoms with Gasteiger partial charge in [0.15, 0.2) is 0 Å². The van der Waals surface area contributed by atoms with E-state index >= 15 is 0 Å².